The number of carbonyl (C=O) groups is 1. The summed E-state index contributed by atoms with van der Waals surface area (Å²) in [6.45, 7) is 5.15. The molecule has 0 aromatic carbocycles. The van der Waals surface area contributed by atoms with Crippen LogP contribution in [0.15, 0.2) is 0 Å². The van der Waals surface area contributed by atoms with Gasteiger partial charge in [0, 0.05) is 38.8 Å². The Morgan fingerprint density at radius 2 is 2.12 bits per heavy atom. The maximum atomic E-state index is 11.3. The second-order valence-corrected chi connectivity index (χ2v) is 4.09. The minimum Gasteiger partial charge on any atom is -0.396 e. The normalized spacial score (nSPS) is 12.8. The van der Waals surface area contributed by atoms with Crippen molar-refractivity contribution in [3.63, 3.8) is 0 Å². The van der Waals surface area contributed by atoms with E-state index >= 15 is 0 Å². The van der Waals surface area contributed by atoms with Gasteiger partial charge < -0.3 is 20.5 Å². The topological polar surface area (TPSA) is 70.6 Å². The van der Waals surface area contributed by atoms with Gasteiger partial charge in [-0.15, -0.1) is 0 Å². The highest BCUT2D eigenvalue weighted by Gasteiger charge is 2.08. The smallest absolute Gasteiger partial charge is 0.221 e. The third kappa shape index (κ3) is 8.64. The number of rotatable bonds is 9. The summed E-state index contributed by atoms with van der Waals surface area (Å²) in [6.07, 6.45) is 1.09. The van der Waals surface area contributed by atoms with E-state index in [1.54, 1.807) is 7.11 Å². The van der Waals surface area contributed by atoms with Crippen molar-refractivity contribution in [3.05, 3.63) is 0 Å². The molecule has 16 heavy (non-hydrogen) atoms. The molecule has 0 heterocycles. The van der Waals surface area contributed by atoms with Crippen LogP contribution in [0.4, 0.5) is 0 Å². The molecule has 1 atom stereocenters. The van der Waals surface area contributed by atoms with Crippen LogP contribution in [-0.2, 0) is 9.53 Å². The van der Waals surface area contributed by atoms with Crippen LogP contribution < -0.4 is 10.6 Å². The Labute approximate surface area is 97.6 Å². The van der Waals surface area contributed by atoms with E-state index in [2.05, 4.69) is 10.6 Å². The molecule has 96 valence electrons. The van der Waals surface area contributed by atoms with Crippen LogP contribution >= 0.6 is 0 Å². The van der Waals surface area contributed by atoms with Crippen molar-refractivity contribution in [2.75, 3.05) is 26.9 Å². The fourth-order valence-electron chi connectivity index (χ4n) is 1.39. The fraction of sp³-hybridized carbons (Fsp3) is 0.909. The Morgan fingerprint density at radius 3 is 2.62 bits per heavy atom. The number of aliphatic hydroxyl groups excluding tert-OH is 1. The predicted octanol–water partition coefficient (Wildman–Crippen LogP) is -0.112. The van der Waals surface area contributed by atoms with E-state index in [9.17, 15) is 4.79 Å². The van der Waals surface area contributed by atoms with Crippen LogP contribution in [0.5, 0.6) is 0 Å². The molecule has 0 rings (SSSR count). The SMILES string of the molecule is COCC(CCO)NCCC(=O)NC(C)C. The zero-order chi connectivity index (χ0) is 12.4. The van der Waals surface area contributed by atoms with Gasteiger partial charge in [0.15, 0.2) is 0 Å². The maximum Gasteiger partial charge on any atom is 0.221 e. The minimum absolute atomic E-state index is 0.0441. The van der Waals surface area contributed by atoms with E-state index in [4.69, 9.17) is 9.84 Å². The van der Waals surface area contributed by atoms with Crippen molar-refractivity contribution in [1.29, 1.82) is 0 Å². The van der Waals surface area contributed by atoms with Crippen LogP contribution in [0.1, 0.15) is 26.7 Å². The van der Waals surface area contributed by atoms with Crippen LogP contribution in [0, 0.1) is 0 Å². The molecule has 0 bridgehead atoms. The molecule has 0 aromatic heterocycles. The van der Waals surface area contributed by atoms with Gasteiger partial charge in [0.2, 0.25) is 5.91 Å². The van der Waals surface area contributed by atoms with Gasteiger partial charge in [-0.25, -0.2) is 0 Å². The monoisotopic (exact) mass is 232 g/mol. The molecule has 0 spiro atoms. The minimum atomic E-state index is 0.0441. The Hall–Kier alpha value is -0.650. The van der Waals surface area contributed by atoms with Crippen LogP contribution in [-0.4, -0.2) is 50.0 Å². The molecule has 1 amide bonds. The van der Waals surface area contributed by atoms with Crippen molar-refractivity contribution >= 4 is 5.91 Å². The Morgan fingerprint density at radius 1 is 1.44 bits per heavy atom. The van der Waals surface area contributed by atoms with E-state index in [0.717, 1.165) is 0 Å². The van der Waals surface area contributed by atoms with Crippen LogP contribution in [0.2, 0.25) is 0 Å². The number of hydrogen-bond acceptors (Lipinski definition) is 4. The Kier molecular flexibility index (Phi) is 9.18. The average Bonchev–Trinajstić information content (AvgIpc) is 2.17. The first-order valence-corrected chi connectivity index (χ1v) is 5.72. The van der Waals surface area contributed by atoms with Crippen molar-refractivity contribution in [1.82, 2.24) is 10.6 Å². The van der Waals surface area contributed by atoms with Gasteiger partial charge in [-0.05, 0) is 20.3 Å². The summed E-state index contributed by atoms with van der Waals surface area (Å²) in [7, 11) is 1.62. The van der Waals surface area contributed by atoms with Crippen molar-refractivity contribution in [2.45, 2.75) is 38.8 Å². The van der Waals surface area contributed by atoms with Gasteiger partial charge in [-0.2, -0.15) is 0 Å². The van der Waals surface area contributed by atoms with Crippen LogP contribution in [0.3, 0.4) is 0 Å². The predicted molar refractivity (Wildman–Crippen MR) is 63.3 cm³/mol. The molecule has 0 aromatic rings. The molecule has 0 aliphatic rings. The lowest BCUT2D eigenvalue weighted by molar-refractivity contribution is -0.121. The molecule has 5 nitrogen and oxygen atoms in total. The number of nitrogens with one attached hydrogen (secondary N) is 2. The fourth-order valence-corrected chi connectivity index (χ4v) is 1.39. The average molecular weight is 232 g/mol. The summed E-state index contributed by atoms with van der Waals surface area (Å²) in [5, 5.41) is 14.8. The van der Waals surface area contributed by atoms with Gasteiger partial charge >= 0.3 is 0 Å². The van der Waals surface area contributed by atoms with Gasteiger partial charge in [0.1, 0.15) is 0 Å². The van der Waals surface area contributed by atoms with E-state index < -0.39 is 0 Å². The number of hydrogen-bond donors (Lipinski definition) is 3. The van der Waals surface area contributed by atoms with Gasteiger partial charge in [0.05, 0.1) is 6.61 Å². The molecule has 5 heteroatoms. The first-order chi connectivity index (χ1) is 7.60. The maximum absolute atomic E-state index is 11.3. The van der Waals surface area contributed by atoms with E-state index in [1.165, 1.54) is 0 Å². The summed E-state index contributed by atoms with van der Waals surface area (Å²) in [4.78, 5) is 11.3. The molecule has 0 saturated heterocycles. The second kappa shape index (κ2) is 9.57. The number of ether oxygens (including phenoxy) is 1. The lowest BCUT2D eigenvalue weighted by Gasteiger charge is -2.16. The molecule has 0 radical (unpaired) electrons. The zero-order valence-electron chi connectivity index (χ0n) is 10.5. The Bertz CT molecular complexity index is 180. The summed E-state index contributed by atoms with van der Waals surface area (Å²) in [5.41, 5.74) is 0. The van der Waals surface area contributed by atoms with Crippen LogP contribution in [0.25, 0.3) is 0 Å². The second-order valence-electron chi connectivity index (χ2n) is 4.09. The van der Waals surface area contributed by atoms with E-state index in [-0.39, 0.29) is 24.6 Å². The van der Waals surface area contributed by atoms with Crippen molar-refractivity contribution in [3.8, 4) is 0 Å². The molecule has 0 aliphatic carbocycles. The third-order valence-electron chi connectivity index (χ3n) is 2.08. The number of methoxy groups -OCH3 is 1. The molecular formula is C11H24N2O3. The Balaban J connectivity index is 3.63. The summed E-state index contributed by atoms with van der Waals surface area (Å²) in [6, 6.07) is 0.293. The largest absolute Gasteiger partial charge is 0.396 e. The number of aliphatic hydroxyl groups is 1. The number of carbonyl (C=O) groups excluding carboxylic acids is 1. The quantitative estimate of drug-likeness (QED) is 0.519. The van der Waals surface area contributed by atoms with Crippen molar-refractivity contribution in [2.24, 2.45) is 0 Å². The first kappa shape index (κ1) is 15.3. The molecular weight excluding hydrogens is 208 g/mol. The van der Waals surface area contributed by atoms with Gasteiger partial charge in [-0.1, -0.05) is 0 Å². The molecule has 0 aliphatic heterocycles. The molecule has 3 N–H and O–H groups in total. The van der Waals surface area contributed by atoms with E-state index in [0.29, 0.717) is 26.0 Å². The molecule has 1 unspecified atom stereocenters. The highest BCUT2D eigenvalue weighted by molar-refractivity contribution is 5.76. The lowest BCUT2D eigenvalue weighted by atomic mass is 10.2. The standard InChI is InChI=1S/C11H24N2O3/c1-9(2)13-11(15)4-6-12-10(5-7-14)8-16-3/h9-10,12,14H,4-8H2,1-3H3,(H,13,15). The van der Waals surface area contributed by atoms with Crippen molar-refractivity contribution < 1.29 is 14.6 Å². The summed E-state index contributed by atoms with van der Waals surface area (Å²) < 4.78 is 5.00. The highest BCUT2D eigenvalue weighted by Crippen LogP contribution is 1.92. The molecule has 0 saturated carbocycles. The van der Waals surface area contributed by atoms with Gasteiger partial charge in [-0.3, -0.25) is 4.79 Å². The first-order valence-electron chi connectivity index (χ1n) is 5.72. The summed E-state index contributed by atoms with van der Waals surface area (Å²) >= 11 is 0. The zero-order valence-corrected chi connectivity index (χ0v) is 10.5. The van der Waals surface area contributed by atoms with Gasteiger partial charge in [0.25, 0.3) is 0 Å². The summed E-state index contributed by atoms with van der Waals surface area (Å²) in [5.74, 6) is 0.0441. The lowest BCUT2D eigenvalue weighted by Crippen LogP contribution is -2.38. The van der Waals surface area contributed by atoms with E-state index in [1.807, 2.05) is 13.8 Å². The third-order valence-corrected chi connectivity index (χ3v) is 2.08. The molecule has 0 fully saturated rings. The number of amides is 1. The highest BCUT2D eigenvalue weighted by atomic mass is 16.5.